The maximum Gasteiger partial charge on any atom is 0.341 e. The van der Waals surface area contributed by atoms with Crippen LogP contribution < -0.4 is 10.6 Å². The summed E-state index contributed by atoms with van der Waals surface area (Å²) in [4.78, 5) is 37.4. The summed E-state index contributed by atoms with van der Waals surface area (Å²) in [5.41, 5.74) is 1.60. The number of benzene rings is 1. The van der Waals surface area contributed by atoms with E-state index >= 15 is 0 Å². The molecule has 27 heavy (non-hydrogen) atoms. The summed E-state index contributed by atoms with van der Waals surface area (Å²) in [6.45, 7) is 4.29. The van der Waals surface area contributed by atoms with Crippen LogP contribution in [0.3, 0.4) is 0 Å². The lowest BCUT2D eigenvalue weighted by atomic mass is 10.1. The van der Waals surface area contributed by atoms with Crippen molar-refractivity contribution in [2.45, 2.75) is 33.1 Å². The van der Waals surface area contributed by atoms with E-state index in [0.29, 0.717) is 22.0 Å². The molecule has 2 rings (SSSR count). The summed E-state index contributed by atoms with van der Waals surface area (Å²) >= 11 is 1.09. The maximum atomic E-state index is 12.4. The standard InChI is InChI=1S/C20H24N2O4S/c1-4-5-11-21-18(24)17-13(2)16(20(25)26-3)19(27-17)22-15(23)12-14-9-7-6-8-10-14/h6-10H,4-5,11-12H2,1-3H3,(H,21,24)(H,22,23). The van der Waals surface area contributed by atoms with Crippen molar-refractivity contribution >= 4 is 34.1 Å². The molecular formula is C20H24N2O4S. The third-order valence-electron chi connectivity index (χ3n) is 4.02. The third-order valence-corrected chi connectivity index (χ3v) is 5.22. The molecule has 1 heterocycles. The highest BCUT2D eigenvalue weighted by Gasteiger charge is 2.26. The molecule has 0 saturated heterocycles. The summed E-state index contributed by atoms with van der Waals surface area (Å²) in [5, 5.41) is 5.93. The van der Waals surface area contributed by atoms with Gasteiger partial charge in [-0.05, 0) is 24.5 Å². The number of hydrogen-bond acceptors (Lipinski definition) is 5. The van der Waals surface area contributed by atoms with Gasteiger partial charge in [-0.2, -0.15) is 0 Å². The Bertz CT molecular complexity index is 815. The minimum absolute atomic E-state index is 0.177. The minimum atomic E-state index is -0.577. The zero-order valence-electron chi connectivity index (χ0n) is 15.8. The summed E-state index contributed by atoms with van der Waals surface area (Å²) in [6.07, 6.45) is 2.02. The number of nitrogens with one attached hydrogen (secondary N) is 2. The SMILES string of the molecule is CCCCNC(=O)c1sc(NC(=O)Cc2ccccc2)c(C(=O)OC)c1C. The number of amides is 2. The smallest absolute Gasteiger partial charge is 0.341 e. The molecule has 0 saturated carbocycles. The van der Waals surface area contributed by atoms with E-state index < -0.39 is 5.97 Å². The van der Waals surface area contributed by atoms with Gasteiger partial charge in [-0.15, -0.1) is 11.3 Å². The van der Waals surface area contributed by atoms with Crippen molar-refractivity contribution in [2.75, 3.05) is 19.0 Å². The van der Waals surface area contributed by atoms with E-state index in [2.05, 4.69) is 10.6 Å². The van der Waals surface area contributed by atoms with E-state index in [9.17, 15) is 14.4 Å². The predicted octanol–water partition coefficient (Wildman–Crippen LogP) is 3.55. The van der Waals surface area contributed by atoms with Crippen LogP contribution in [0.15, 0.2) is 30.3 Å². The second-order valence-electron chi connectivity index (χ2n) is 6.07. The molecule has 0 fully saturated rings. The molecule has 144 valence electrons. The van der Waals surface area contributed by atoms with Crippen LogP contribution in [-0.2, 0) is 16.0 Å². The van der Waals surface area contributed by atoms with E-state index in [1.54, 1.807) is 6.92 Å². The van der Waals surface area contributed by atoms with Crippen LogP contribution in [0.4, 0.5) is 5.00 Å². The fourth-order valence-corrected chi connectivity index (χ4v) is 3.70. The van der Waals surface area contributed by atoms with Crippen LogP contribution in [0.2, 0.25) is 0 Å². The van der Waals surface area contributed by atoms with Crippen molar-refractivity contribution in [2.24, 2.45) is 0 Å². The number of thiophene rings is 1. The Hall–Kier alpha value is -2.67. The van der Waals surface area contributed by atoms with Crippen LogP contribution >= 0.6 is 11.3 Å². The first-order valence-electron chi connectivity index (χ1n) is 8.81. The summed E-state index contributed by atoms with van der Waals surface area (Å²) in [6, 6.07) is 9.30. The van der Waals surface area contributed by atoms with Crippen molar-refractivity contribution < 1.29 is 19.1 Å². The van der Waals surface area contributed by atoms with E-state index in [1.165, 1.54) is 7.11 Å². The van der Waals surface area contributed by atoms with Crippen molar-refractivity contribution in [3.05, 3.63) is 51.9 Å². The largest absolute Gasteiger partial charge is 0.465 e. The zero-order valence-corrected chi connectivity index (χ0v) is 16.6. The number of anilines is 1. The van der Waals surface area contributed by atoms with Gasteiger partial charge < -0.3 is 15.4 Å². The molecule has 0 atom stereocenters. The average molecular weight is 388 g/mol. The van der Waals surface area contributed by atoms with Gasteiger partial charge in [-0.1, -0.05) is 43.7 Å². The highest BCUT2D eigenvalue weighted by atomic mass is 32.1. The van der Waals surface area contributed by atoms with E-state index in [0.717, 1.165) is 29.7 Å². The minimum Gasteiger partial charge on any atom is -0.465 e. The van der Waals surface area contributed by atoms with Crippen LogP contribution in [0, 0.1) is 6.92 Å². The molecule has 2 amide bonds. The van der Waals surface area contributed by atoms with E-state index in [4.69, 9.17) is 4.74 Å². The monoisotopic (exact) mass is 388 g/mol. The fourth-order valence-electron chi connectivity index (χ4n) is 2.58. The van der Waals surface area contributed by atoms with Gasteiger partial charge in [0.2, 0.25) is 5.91 Å². The van der Waals surface area contributed by atoms with E-state index in [1.807, 2.05) is 37.3 Å². The number of rotatable bonds is 8. The number of ether oxygens (including phenoxy) is 1. The highest BCUT2D eigenvalue weighted by molar-refractivity contribution is 7.18. The number of unbranched alkanes of at least 4 members (excludes halogenated alkanes) is 1. The van der Waals surface area contributed by atoms with Gasteiger partial charge in [0.15, 0.2) is 0 Å². The maximum absolute atomic E-state index is 12.4. The third kappa shape index (κ3) is 5.40. The van der Waals surface area contributed by atoms with Crippen LogP contribution in [0.25, 0.3) is 0 Å². The molecule has 7 heteroatoms. The second kappa shape index (κ2) is 9.87. The number of esters is 1. The molecule has 0 aliphatic rings. The Kier molecular flexibility index (Phi) is 7.55. The van der Waals surface area contributed by atoms with Gasteiger partial charge in [-0.3, -0.25) is 9.59 Å². The Morgan fingerprint density at radius 1 is 1.15 bits per heavy atom. The van der Waals surface area contributed by atoms with Gasteiger partial charge in [0.25, 0.3) is 5.91 Å². The molecule has 1 aromatic carbocycles. The van der Waals surface area contributed by atoms with Gasteiger partial charge >= 0.3 is 5.97 Å². The number of carbonyl (C=O) groups is 3. The molecule has 0 aliphatic carbocycles. The zero-order chi connectivity index (χ0) is 19.8. The lowest BCUT2D eigenvalue weighted by molar-refractivity contribution is -0.115. The van der Waals surface area contributed by atoms with Crippen molar-refractivity contribution in [1.82, 2.24) is 5.32 Å². The molecule has 0 bridgehead atoms. The molecule has 6 nitrogen and oxygen atoms in total. The van der Waals surface area contributed by atoms with Crippen molar-refractivity contribution in [1.29, 1.82) is 0 Å². The first-order chi connectivity index (χ1) is 13.0. The van der Waals surface area contributed by atoms with Crippen LogP contribution in [0.5, 0.6) is 0 Å². The molecule has 0 aliphatic heterocycles. The fraction of sp³-hybridized carbons (Fsp3) is 0.350. The Morgan fingerprint density at radius 2 is 1.85 bits per heavy atom. The molecule has 1 aromatic heterocycles. The Labute approximate surface area is 162 Å². The molecule has 0 radical (unpaired) electrons. The van der Waals surface area contributed by atoms with Crippen molar-refractivity contribution in [3.63, 3.8) is 0 Å². The van der Waals surface area contributed by atoms with Crippen LogP contribution in [0.1, 0.15) is 50.9 Å². The van der Waals surface area contributed by atoms with Gasteiger partial charge in [0, 0.05) is 6.54 Å². The highest BCUT2D eigenvalue weighted by Crippen LogP contribution is 2.33. The molecule has 2 aromatic rings. The molecular weight excluding hydrogens is 364 g/mol. The average Bonchev–Trinajstić information content (AvgIpc) is 2.98. The second-order valence-corrected chi connectivity index (χ2v) is 7.09. The topological polar surface area (TPSA) is 84.5 Å². The predicted molar refractivity (Wildman–Crippen MR) is 106 cm³/mol. The van der Waals surface area contributed by atoms with Crippen molar-refractivity contribution in [3.8, 4) is 0 Å². The molecule has 0 spiro atoms. The first kappa shape index (κ1) is 20.6. The Morgan fingerprint density at radius 3 is 2.48 bits per heavy atom. The summed E-state index contributed by atoms with van der Waals surface area (Å²) < 4.78 is 4.83. The van der Waals surface area contributed by atoms with Gasteiger partial charge in [-0.25, -0.2) is 4.79 Å². The van der Waals surface area contributed by atoms with Gasteiger partial charge in [0.1, 0.15) is 5.00 Å². The molecule has 2 N–H and O–H groups in total. The number of carbonyl (C=O) groups excluding carboxylic acids is 3. The van der Waals surface area contributed by atoms with Gasteiger partial charge in [0.05, 0.1) is 24.0 Å². The quantitative estimate of drug-likeness (QED) is 0.535. The summed E-state index contributed by atoms with van der Waals surface area (Å²) in [7, 11) is 1.27. The van der Waals surface area contributed by atoms with Crippen LogP contribution in [-0.4, -0.2) is 31.4 Å². The number of hydrogen-bond donors (Lipinski definition) is 2. The lowest BCUT2D eigenvalue weighted by Crippen LogP contribution is -2.24. The normalized spacial score (nSPS) is 10.3. The molecule has 0 unspecified atom stereocenters. The first-order valence-corrected chi connectivity index (χ1v) is 9.63. The number of methoxy groups -OCH3 is 1. The van der Waals surface area contributed by atoms with E-state index in [-0.39, 0.29) is 23.8 Å². The summed E-state index contributed by atoms with van der Waals surface area (Å²) in [5.74, 6) is -1.09. The lowest BCUT2D eigenvalue weighted by Gasteiger charge is -2.06. The Balaban J connectivity index is 2.23.